The van der Waals surface area contributed by atoms with E-state index < -0.39 is 0 Å². The maximum absolute atomic E-state index is 12.2. The molecule has 0 bridgehead atoms. The predicted octanol–water partition coefficient (Wildman–Crippen LogP) is 3.90. The lowest BCUT2D eigenvalue weighted by Gasteiger charge is -2.13. The lowest BCUT2D eigenvalue weighted by Crippen LogP contribution is -2.28. The molecular weight excluding hydrogens is 392 g/mol. The summed E-state index contributed by atoms with van der Waals surface area (Å²) in [6.45, 7) is 1.96. The Morgan fingerprint density at radius 3 is 2.43 bits per heavy atom. The van der Waals surface area contributed by atoms with E-state index in [2.05, 4.69) is 20.8 Å². The zero-order valence-electron chi connectivity index (χ0n) is 15.3. The van der Waals surface area contributed by atoms with Gasteiger partial charge in [-0.2, -0.15) is 0 Å². The van der Waals surface area contributed by atoms with Gasteiger partial charge in [-0.15, -0.1) is 22.0 Å². The number of carbonyl (C=O) groups excluding carboxylic acids is 2. The molecule has 2 aromatic carbocycles. The minimum absolute atomic E-state index is 0.0343. The maximum Gasteiger partial charge on any atom is 0.286 e. The van der Waals surface area contributed by atoms with Gasteiger partial charge in [-0.05, 0) is 24.6 Å². The lowest BCUT2D eigenvalue weighted by atomic mass is 10.1. The highest BCUT2D eigenvalue weighted by molar-refractivity contribution is 7.99. The quantitative estimate of drug-likeness (QED) is 0.586. The van der Waals surface area contributed by atoms with Crippen molar-refractivity contribution in [3.05, 3.63) is 76.2 Å². The predicted molar refractivity (Wildman–Crippen MR) is 113 cm³/mol. The maximum atomic E-state index is 12.2. The van der Waals surface area contributed by atoms with Crippen LogP contribution in [0.3, 0.4) is 0 Å². The fourth-order valence-electron chi connectivity index (χ4n) is 2.45. The molecule has 3 rings (SSSR count). The van der Waals surface area contributed by atoms with Crippen molar-refractivity contribution >= 4 is 40.6 Å². The van der Waals surface area contributed by atoms with Crippen LogP contribution in [0.25, 0.3) is 0 Å². The first-order valence-electron chi connectivity index (χ1n) is 8.72. The van der Waals surface area contributed by atoms with Crippen LogP contribution in [0.4, 0.5) is 5.69 Å². The molecule has 0 spiro atoms. The van der Waals surface area contributed by atoms with Gasteiger partial charge in [-0.3, -0.25) is 9.59 Å². The number of carbonyl (C=O) groups is 2. The van der Waals surface area contributed by atoms with Crippen LogP contribution in [0.15, 0.2) is 60.7 Å². The van der Waals surface area contributed by atoms with Crippen LogP contribution in [-0.4, -0.2) is 27.8 Å². The largest absolute Gasteiger partial charge is 0.349 e. The van der Waals surface area contributed by atoms with E-state index in [0.29, 0.717) is 27.2 Å². The summed E-state index contributed by atoms with van der Waals surface area (Å²) in [5, 5.41) is 14.8. The van der Waals surface area contributed by atoms with Crippen LogP contribution in [0, 0.1) is 0 Å². The summed E-state index contributed by atoms with van der Waals surface area (Å²) in [5.74, 6) is 0.536. The number of anilines is 1. The van der Waals surface area contributed by atoms with Crippen molar-refractivity contribution in [3.8, 4) is 0 Å². The fraction of sp³-hybridized carbons (Fsp3) is 0.200. The van der Waals surface area contributed by atoms with E-state index in [0.717, 1.165) is 5.56 Å². The standard InChI is InChI=1S/C20H20N4O2S2/c1-14(15-8-4-2-5-9-15)21-17(25)12-27-13-18-23-24-20(28-18)19(26)22-16-10-6-3-7-11-16/h2-11,14H,12-13H2,1H3,(H,21,25)(H,22,26). The topological polar surface area (TPSA) is 84.0 Å². The molecule has 0 fully saturated rings. The van der Waals surface area contributed by atoms with Crippen LogP contribution in [0.1, 0.15) is 33.3 Å². The highest BCUT2D eigenvalue weighted by Gasteiger charge is 2.14. The van der Waals surface area contributed by atoms with Gasteiger partial charge in [0.2, 0.25) is 10.9 Å². The molecule has 3 aromatic rings. The second-order valence-corrected chi connectivity index (χ2v) is 8.06. The first kappa shape index (κ1) is 20.0. The van der Waals surface area contributed by atoms with E-state index >= 15 is 0 Å². The first-order valence-corrected chi connectivity index (χ1v) is 10.7. The van der Waals surface area contributed by atoms with Gasteiger partial charge in [0, 0.05) is 11.4 Å². The Bertz CT molecular complexity index is 916. The zero-order chi connectivity index (χ0) is 19.8. The van der Waals surface area contributed by atoms with Gasteiger partial charge in [0.15, 0.2) is 0 Å². The molecule has 2 amide bonds. The molecule has 28 heavy (non-hydrogen) atoms. The molecule has 0 saturated carbocycles. The molecule has 1 atom stereocenters. The van der Waals surface area contributed by atoms with Crippen molar-refractivity contribution in [3.63, 3.8) is 0 Å². The van der Waals surface area contributed by atoms with E-state index in [-0.39, 0.29) is 17.9 Å². The fourth-order valence-corrected chi connectivity index (χ4v) is 4.07. The van der Waals surface area contributed by atoms with Gasteiger partial charge < -0.3 is 10.6 Å². The SMILES string of the molecule is CC(NC(=O)CSCc1nnc(C(=O)Nc2ccccc2)s1)c1ccccc1. The third kappa shape index (κ3) is 5.90. The molecule has 0 aliphatic heterocycles. The third-order valence-electron chi connectivity index (χ3n) is 3.83. The highest BCUT2D eigenvalue weighted by atomic mass is 32.2. The molecule has 0 aliphatic rings. The first-order chi connectivity index (χ1) is 13.6. The number of nitrogens with one attached hydrogen (secondary N) is 2. The minimum Gasteiger partial charge on any atom is -0.349 e. The van der Waals surface area contributed by atoms with Crippen molar-refractivity contribution in [1.29, 1.82) is 0 Å². The van der Waals surface area contributed by atoms with Gasteiger partial charge in [-0.1, -0.05) is 59.9 Å². The van der Waals surface area contributed by atoms with E-state index in [1.165, 1.54) is 23.1 Å². The summed E-state index contributed by atoms with van der Waals surface area (Å²) in [4.78, 5) is 24.3. The molecule has 0 aliphatic carbocycles. The van der Waals surface area contributed by atoms with Gasteiger partial charge in [0.1, 0.15) is 5.01 Å². The molecule has 1 unspecified atom stereocenters. The number of para-hydroxylation sites is 1. The molecule has 0 radical (unpaired) electrons. The summed E-state index contributed by atoms with van der Waals surface area (Å²) in [7, 11) is 0. The summed E-state index contributed by atoms with van der Waals surface area (Å²) in [6, 6.07) is 19.0. The smallest absolute Gasteiger partial charge is 0.286 e. The van der Waals surface area contributed by atoms with Crippen molar-refractivity contribution < 1.29 is 9.59 Å². The lowest BCUT2D eigenvalue weighted by molar-refractivity contribution is -0.119. The Morgan fingerprint density at radius 1 is 1.04 bits per heavy atom. The van der Waals surface area contributed by atoms with Crippen LogP contribution in [0.2, 0.25) is 0 Å². The Labute approximate surface area is 171 Å². The van der Waals surface area contributed by atoms with Gasteiger partial charge >= 0.3 is 0 Å². The van der Waals surface area contributed by atoms with Crippen LogP contribution >= 0.6 is 23.1 Å². The monoisotopic (exact) mass is 412 g/mol. The number of hydrogen-bond acceptors (Lipinski definition) is 6. The van der Waals surface area contributed by atoms with E-state index in [1.807, 2.05) is 67.6 Å². The minimum atomic E-state index is -0.283. The summed E-state index contributed by atoms with van der Waals surface area (Å²) >= 11 is 2.68. The second kappa shape index (κ2) is 10.0. The molecule has 1 aromatic heterocycles. The Hall–Kier alpha value is -2.71. The zero-order valence-corrected chi connectivity index (χ0v) is 16.9. The molecular formula is C20H20N4O2S2. The van der Waals surface area contributed by atoms with E-state index in [4.69, 9.17) is 0 Å². The number of thioether (sulfide) groups is 1. The Kier molecular flexibility index (Phi) is 7.16. The second-order valence-electron chi connectivity index (χ2n) is 6.01. The third-order valence-corrected chi connectivity index (χ3v) is 5.88. The Balaban J connectivity index is 1.43. The number of rotatable bonds is 8. The number of amides is 2. The summed E-state index contributed by atoms with van der Waals surface area (Å²) in [6.07, 6.45) is 0. The highest BCUT2D eigenvalue weighted by Crippen LogP contribution is 2.18. The molecule has 1 heterocycles. The normalized spacial score (nSPS) is 11.6. The molecule has 0 saturated heterocycles. The number of aromatic nitrogens is 2. The molecule has 144 valence electrons. The van der Waals surface area contributed by atoms with Crippen molar-refractivity contribution in [2.75, 3.05) is 11.1 Å². The van der Waals surface area contributed by atoms with Crippen LogP contribution in [-0.2, 0) is 10.5 Å². The summed E-state index contributed by atoms with van der Waals surface area (Å²) in [5.41, 5.74) is 1.78. The van der Waals surface area contributed by atoms with Crippen LogP contribution < -0.4 is 10.6 Å². The number of benzene rings is 2. The van der Waals surface area contributed by atoms with Gasteiger partial charge in [0.25, 0.3) is 5.91 Å². The molecule has 2 N–H and O–H groups in total. The molecule has 6 nitrogen and oxygen atoms in total. The summed E-state index contributed by atoms with van der Waals surface area (Å²) < 4.78 is 0. The van der Waals surface area contributed by atoms with Crippen molar-refractivity contribution in [2.24, 2.45) is 0 Å². The van der Waals surface area contributed by atoms with Crippen molar-refractivity contribution in [2.45, 2.75) is 18.7 Å². The van der Waals surface area contributed by atoms with E-state index in [1.54, 1.807) is 0 Å². The van der Waals surface area contributed by atoms with Gasteiger partial charge in [-0.25, -0.2) is 0 Å². The van der Waals surface area contributed by atoms with Gasteiger partial charge in [0.05, 0.1) is 11.8 Å². The number of nitrogens with zero attached hydrogens (tertiary/aromatic N) is 2. The Morgan fingerprint density at radius 2 is 1.71 bits per heavy atom. The number of hydrogen-bond donors (Lipinski definition) is 2. The van der Waals surface area contributed by atoms with Crippen molar-refractivity contribution in [1.82, 2.24) is 15.5 Å². The molecule has 8 heteroatoms. The van der Waals surface area contributed by atoms with Crippen LogP contribution in [0.5, 0.6) is 0 Å². The van der Waals surface area contributed by atoms with E-state index in [9.17, 15) is 9.59 Å². The average Bonchev–Trinajstić information content (AvgIpc) is 3.18. The average molecular weight is 413 g/mol.